The molecular weight excluding hydrogens is 352 g/mol. The van der Waals surface area contributed by atoms with E-state index in [0.29, 0.717) is 12.1 Å². The Morgan fingerprint density at radius 2 is 1.44 bits per heavy atom. The summed E-state index contributed by atoms with van der Waals surface area (Å²) in [6.07, 6.45) is -10.7. The summed E-state index contributed by atoms with van der Waals surface area (Å²) < 4.78 is 76.5. The molecule has 3 nitrogen and oxygen atoms in total. The highest BCUT2D eigenvalue weighted by molar-refractivity contribution is 5.94. The average molecular weight is 371 g/mol. The fourth-order valence-electron chi connectivity index (χ4n) is 1.94. The van der Waals surface area contributed by atoms with E-state index in [1.807, 2.05) is 0 Å². The fraction of sp³-hybridized carbons (Fsp3) is 0.562. The van der Waals surface area contributed by atoms with Crippen LogP contribution < -0.4 is 5.32 Å². The van der Waals surface area contributed by atoms with Gasteiger partial charge in [0.1, 0.15) is 0 Å². The molecule has 0 radical (unpaired) electrons. The van der Waals surface area contributed by atoms with Crippen molar-refractivity contribution in [3.63, 3.8) is 0 Å². The van der Waals surface area contributed by atoms with E-state index < -0.39 is 46.5 Å². The Morgan fingerprint density at radius 1 is 1.00 bits per heavy atom. The summed E-state index contributed by atoms with van der Waals surface area (Å²) in [6.45, 7) is 5.17. The lowest BCUT2D eigenvalue weighted by Crippen LogP contribution is -2.32. The summed E-state index contributed by atoms with van der Waals surface area (Å²) in [5.41, 5.74) is -4.32. The first-order valence-corrected chi connectivity index (χ1v) is 7.38. The van der Waals surface area contributed by atoms with Gasteiger partial charge in [0.15, 0.2) is 0 Å². The number of halogens is 6. The van der Waals surface area contributed by atoms with Crippen LogP contribution in [0.3, 0.4) is 0 Å². The predicted octanol–water partition coefficient (Wildman–Crippen LogP) is 4.25. The van der Waals surface area contributed by atoms with Crippen LogP contribution in [0.4, 0.5) is 26.3 Å². The SMILES string of the molecule is CC(C)(C)C(O)CCNC(=O)c1cc(C(F)(F)F)cc(C(F)(F)F)c1. The van der Waals surface area contributed by atoms with Gasteiger partial charge in [0.25, 0.3) is 5.91 Å². The van der Waals surface area contributed by atoms with Crippen molar-refractivity contribution < 1.29 is 36.2 Å². The Kier molecular flexibility index (Phi) is 6.15. The van der Waals surface area contributed by atoms with E-state index in [0.717, 1.165) is 0 Å². The van der Waals surface area contributed by atoms with Crippen LogP contribution in [-0.4, -0.2) is 23.7 Å². The highest BCUT2D eigenvalue weighted by Crippen LogP contribution is 2.36. The molecule has 1 atom stereocenters. The third kappa shape index (κ3) is 6.22. The Labute approximate surface area is 141 Å². The van der Waals surface area contributed by atoms with Crippen LogP contribution in [0.15, 0.2) is 18.2 Å². The van der Waals surface area contributed by atoms with E-state index in [1.165, 1.54) is 0 Å². The van der Waals surface area contributed by atoms with Crippen molar-refractivity contribution in [3.05, 3.63) is 34.9 Å². The number of aliphatic hydroxyl groups excluding tert-OH is 1. The molecule has 0 aliphatic carbocycles. The van der Waals surface area contributed by atoms with Crippen molar-refractivity contribution >= 4 is 5.91 Å². The predicted molar refractivity (Wildman–Crippen MR) is 78.9 cm³/mol. The molecule has 142 valence electrons. The number of hydrogen-bond donors (Lipinski definition) is 2. The number of rotatable bonds is 4. The summed E-state index contributed by atoms with van der Waals surface area (Å²) in [5.74, 6) is -1.07. The molecule has 1 rings (SSSR count). The van der Waals surface area contributed by atoms with E-state index >= 15 is 0 Å². The quantitative estimate of drug-likeness (QED) is 0.778. The number of benzene rings is 1. The van der Waals surface area contributed by atoms with Crippen LogP contribution in [0.25, 0.3) is 0 Å². The van der Waals surface area contributed by atoms with Crippen LogP contribution in [0.2, 0.25) is 0 Å². The van der Waals surface area contributed by atoms with Crippen molar-refractivity contribution in [3.8, 4) is 0 Å². The number of aliphatic hydroxyl groups is 1. The lowest BCUT2D eigenvalue weighted by atomic mass is 9.87. The first-order valence-electron chi connectivity index (χ1n) is 7.38. The third-order valence-corrected chi connectivity index (χ3v) is 3.55. The highest BCUT2D eigenvalue weighted by Gasteiger charge is 2.37. The van der Waals surface area contributed by atoms with Gasteiger partial charge in [-0.15, -0.1) is 0 Å². The summed E-state index contributed by atoms with van der Waals surface area (Å²) in [6, 6.07) is 0.690. The van der Waals surface area contributed by atoms with Crippen molar-refractivity contribution in [1.82, 2.24) is 5.32 Å². The summed E-state index contributed by atoms with van der Waals surface area (Å²) >= 11 is 0. The Balaban J connectivity index is 2.98. The molecule has 0 saturated carbocycles. The zero-order valence-electron chi connectivity index (χ0n) is 13.8. The van der Waals surface area contributed by atoms with E-state index in [2.05, 4.69) is 5.32 Å². The van der Waals surface area contributed by atoms with Gasteiger partial charge >= 0.3 is 12.4 Å². The molecule has 0 bridgehead atoms. The summed E-state index contributed by atoms with van der Waals surface area (Å²) in [7, 11) is 0. The van der Waals surface area contributed by atoms with Gasteiger partial charge in [-0.3, -0.25) is 4.79 Å². The number of nitrogens with one attached hydrogen (secondary N) is 1. The molecule has 25 heavy (non-hydrogen) atoms. The second-order valence-electron chi connectivity index (χ2n) is 6.72. The van der Waals surface area contributed by atoms with Gasteiger partial charge in [-0.05, 0) is 30.0 Å². The van der Waals surface area contributed by atoms with Gasteiger partial charge in [-0.1, -0.05) is 20.8 Å². The van der Waals surface area contributed by atoms with Crippen molar-refractivity contribution in [2.75, 3.05) is 6.54 Å². The van der Waals surface area contributed by atoms with Crippen LogP contribution in [0, 0.1) is 5.41 Å². The molecule has 0 heterocycles. The van der Waals surface area contributed by atoms with Crippen LogP contribution in [0.1, 0.15) is 48.7 Å². The standard InChI is InChI=1S/C16H19F6NO2/c1-14(2,3)12(24)4-5-23-13(25)9-6-10(15(17,18)19)8-11(7-9)16(20,21)22/h6-8,12,24H,4-5H2,1-3H3,(H,23,25). The number of carbonyl (C=O) groups excluding carboxylic acids is 1. The molecule has 0 fully saturated rings. The van der Waals surface area contributed by atoms with Crippen molar-refractivity contribution in [2.45, 2.75) is 45.6 Å². The Bertz CT molecular complexity index is 584. The van der Waals surface area contributed by atoms with Gasteiger partial charge in [0.2, 0.25) is 0 Å². The first-order chi connectivity index (χ1) is 11.1. The maximum absolute atomic E-state index is 12.8. The minimum Gasteiger partial charge on any atom is -0.393 e. The van der Waals surface area contributed by atoms with Gasteiger partial charge in [0.05, 0.1) is 17.2 Å². The topological polar surface area (TPSA) is 49.3 Å². The van der Waals surface area contributed by atoms with Gasteiger partial charge in [-0.25, -0.2) is 0 Å². The highest BCUT2D eigenvalue weighted by atomic mass is 19.4. The second-order valence-corrected chi connectivity index (χ2v) is 6.72. The number of carbonyl (C=O) groups is 1. The molecule has 0 aliphatic heterocycles. The molecule has 0 spiro atoms. The monoisotopic (exact) mass is 371 g/mol. The molecule has 1 unspecified atom stereocenters. The third-order valence-electron chi connectivity index (χ3n) is 3.55. The summed E-state index contributed by atoms with van der Waals surface area (Å²) in [5, 5.41) is 12.0. The minimum absolute atomic E-state index is 0.0415. The lowest BCUT2D eigenvalue weighted by molar-refractivity contribution is -0.143. The number of alkyl halides is 6. The molecule has 2 N–H and O–H groups in total. The summed E-state index contributed by atoms with van der Waals surface area (Å²) in [4.78, 5) is 11.9. The zero-order valence-corrected chi connectivity index (χ0v) is 13.8. The normalized spacial score (nSPS) is 14.3. The molecule has 0 aliphatic rings. The van der Waals surface area contributed by atoms with Gasteiger partial charge in [0, 0.05) is 12.1 Å². The molecule has 9 heteroatoms. The van der Waals surface area contributed by atoms with Crippen LogP contribution in [-0.2, 0) is 12.4 Å². The average Bonchev–Trinajstić information content (AvgIpc) is 2.43. The molecule has 1 aromatic rings. The Morgan fingerprint density at radius 3 is 1.80 bits per heavy atom. The molecule has 1 amide bonds. The zero-order chi connectivity index (χ0) is 19.6. The molecular formula is C16H19F6NO2. The smallest absolute Gasteiger partial charge is 0.393 e. The maximum Gasteiger partial charge on any atom is 0.416 e. The van der Waals surface area contributed by atoms with Crippen LogP contribution >= 0.6 is 0 Å². The largest absolute Gasteiger partial charge is 0.416 e. The van der Waals surface area contributed by atoms with Crippen LogP contribution in [0.5, 0.6) is 0 Å². The van der Waals surface area contributed by atoms with Gasteiger partial charge in [-0.2, -0.15) is 26.3 Å². The fourth-order valence-corrected chi connectivity index (χ4v) is 1.94. The van der Waals surface area contributed by atoms with Crippen molar-refractivity contribution in [2.24, 2.45) is 5.41 Å². The molecule has 0 aromatic heterocycles. The number of hydrogen-bond acceptors (Lipinski definition) is 2. The molecule has 1 aromatic carbocycles. The second kappa shape index (κ2) is 7.23. The maximum atomic E-state index is 12.8. The number of amides is 1. The Hall–Kier alpha value is -1.77. The first kappa shape index (κ1) is 21.3. The van der Waals surface area contributed by atoms with Crippen molar-refractivity contribution in [1.29, 1.82) is 0 Å². The van der Waals surface area contributed by atoms with E-state index in [-0.39, 0.29) is 19.0 Å². The minimum atomic E-state index is -5.02. The van der Waals surface area contributed by atoms with Gasteiger partial charge < -0.3 is 10.4 Å². The van der Waals surface area contributed by atoms with E-state index in [1.54, 1.807) is 20.8 Å². The van der Waals surface area contributed by atoms with E-state index in [9.17, 15) is 36.2 Å². The van der Waals surface area contributed by atoms with E-state index in [4.69, 9.17) is 0 Å². The molecule has 0 saturated heterocycles. The lowest BCUT2D eigenvalue weighted by Gasteiger charge is -2.25.